The second-order valence-corrected chi connectivity index (χ2v) is 6.50. The van der Waals surface area contributed by atoms with E-state index in [0.717, 1.165) is 12.0 Å². The van der Waals surface area contributed by atoms with Crippen molar-refractivity contribution in [1.29, 1.82) is 0 Å². The number of nitrogens with one attached hydrogen (secondary N) is 3. The molecule has 0 unspecified atom stereocenters. The molecule has 2 aromatic carbocycles. The summed E-state index contributed by atoms with van der Waals surface area (Å²) >= 11 is 0. The maximum Gasteiger partial charge on any atom is 0.327 e. The molecule has 0 aromatic heterocycles. The molecule has 0 saturated carbocycles. The van der Waals surface area contributed by atoms with Gasteiger partial charge < -0.3 is 26.2 Å². The number of aromatic hydroxyl groups is 1. The number of rotatable bonds is 10. The van der Waals surface area contributed by atoms with Crippen LogP contribution in [0, 0.1) is 0 Å². The number of hydrogen-bond donors (Lipinski definition) is 5. The molecule has 5 N–H and O–H groups in total. The molecule has 0 spiro atoms. The van der Waals surface area contributed by atoms with Crippen molar-refractivity contribution in [2.24, 2.45) is 0 Å². The summed E-state index contributed by atoms with van der Waals surface area (Å²) in [6.07, 6.45) is 0.865. The molecule has 0 aliphatic carbocycles. The summed E-state index contributed by atoms with van der Waals surface area (Å²) in [6, 6.07) is 11.5. The second-order valence-electron chi connectivity index (χ2n) is 6.50. The minimum atomic E-state index is -1.10. The van der Waals surface area contributed by atoms with Gasteiger partial charge in [0.15, 0.2) is 0 Å². The molecule has 0 aliphatic heterocycles. The number of aliphatic carboxylic acids is 1. The third kappa shape index (κ3) is 6.93. The van der Waals surface area contributed by atoms with Crippen molar-refractivity contribution in [3.05, 3.63) is 65.2 Å². The number of carbonyl (C=O) groups is 3. The van der Waals surface area contributed by atoms with E-state index < -0.39 is 17.9 Å². The van der Waals surface area contributed by atoms with Crippen LogP contribution in [-0.4, -0.2) is 47.1 Å². The second kappa shape index (κ2) is 10.8. The summed E-state index contributed by atoms with van der Waals surface area (Å²) in [7, 11) is 0. The lowest BCUT2D eigenvalue weighted by molar-refractivity contribution is -0.139. The molecule has 2 aromatic rings. The zero-order chi connectivity index (χ0) is 21.2. The van der Waals surface area contributed by atoms with E-state index in [-0.39, 0.29) is 24.7 Å². The minimum absolute atomic E-state index is 0.0116. The maximum absolute atomic E-state index is 12.3. The van der Waals surface area contributed by atoms with Crippen molar-refractivity contribution in [3.63, 3.8) is 0 Å². The van der Waals surface area contributed by atoms with E-state index in [4.69, 9.17) is 0 Å². The molecule has 0 bridgehead atoms. The van der Waals surface area contributed by atoms with Gasteiger partial charge in [0, 0.05) is 24.2 Å². The lowest BCUT2D eigenvalue weighted by Gasteiger charge is -2.15. The molecule has 0 radical (unpaired) electrons. The van der Waals surface area contributed by atoms with Gasteiger partial charge in [-0.1, -0.05) is 25.1 Å². The Morgan fingerprint density at radius 3 is 2.34 bits per heavy atom. The fraction of sp³-hybridized carbons (Fsp3) is 0.286. The Hall–Kier alpha value is -3.39. The number of carboxylic acids is 1. The van der Waals surface area contributed by atoms with E-state index in [2.05, 4.69) is 16.0 Å². The molecule has 154 valence electrons. The molecule has 1 atom stereocenters. The molecule has 0 heterocycles. The highest BCUT2D eigenvalue weighted by Gasteiger charge is 2.20. The molecular formula is C21H25N3O5. The Labute approximate surface area is 168 Å². The van der Waals surface area contributed by atoms with Crippen LogP contribution in [-0.2, 0) is 11.3 Å². The van der Waals surface area contributed by atoms with Gasteiger partial charge in [0.1, 0.15) is 11.8 Å². The lowest BCUT2D eigenvalue weighted by atomic mass is 10.1. The zero-order valence-electron chi connectivity index (χ0n) is 16.1. The summed E-state index contributed by atoms with van der Waals surface area (Å²) in [4.78, 5) is 35.7. The van der Waals surface area contributed by atoms with Crippen LogP contribution >= 0.6 is 0 Å². The highest BCUT2D eigenvalue weighted by atomic mass is 16.4. The normalized spacial score (nSPS) is 11.5. The van der Waals surface area contributed by atoms with Crippen molar-refractivity contribution in [2.75, 3.05) is 13.1 Å². The fourth-order valence-electron chi connectivity index (χ4n) is 2.57. The van der Waals surface area contributed by atoms with Crippen LogP contribution in [0.25, 0.3) is 0 Å². The zero-order valence-corrected chi connectivity index (χ0v) is 16.1. The number of phenols is 1. The summed E-state index contributed by atoms with van der Waals surface area (Å²) in [5.74, 6) is -1.90. The molecular weight excluding hydrogens is 374 g/mol. The van der Waals surface area contributed by atoms with Gasteiger partial charge in [0.2, 0.25) is 0 Å². The summed E-state index contributed by atoms with van der Waals surface area (Å²) < 4.78 is 0. The molecule has 29 heavy (non-hydrogen) atoms. The van der Waals surface area contributed by atoms with Crippen LogP contribution in [0.2, 0.25) is 0 Å². The Kier molecular flexibility index (Phi) is 8.17. The van der Waals surface area contributed by atoms with E-state index in [0.29, 0.717) is 17.7 Å². The first-order chi connectivity index (χ1) is 13.9. The summed E-state index contributed by atoms with van der Waals surface area (Å²) in [5.41, 5.74) is 1.45. The SMILES string of the molecule is CCCNC[C@H](NC(=O)c1ccc(CNC(=O)c2cccc(O)c2)cc1)C(=O)O. The highest BCUT2D eigenvalue weighted by Crippen LogP contribution is 2.11. The number of carboxylic acid groups (broad SMARTS) is 1. The van der Waals surface area contributed by atoms with Crippen LogP contribution in [0.15, 0.2) is 48.5 Å². The van der Waals surface area contributed by atoms with Crippen molar-refractivity contribution in [3.8, 4) is 5.75 Å². The van der Waals surface area contributed by atoms with Crippen LogP contribution in [0.1, 0.15) is 39.6 Å². The Morgan fingerprint density at radius 1 is 1.00 bits per heavy atom. The molecule has 0 aliphatic rings. The topological polar surface area (TPSA) is 128 Å². The smallest absolute Gasteiger partial charge is 0.327 e. The molecule has 8 nitrogen and oxygen atoms in total. The van der Waals surface area contributed by atoms with Crippen LogP contribution in [0.4, 0.5) is 0 Å². The van der Waals surface area contributed by atoms with Crippen LogP contribution in [0.3, 0.4) is 0 Å². The van der Waals surface area contributed by atoms with Crippen molar-refractivity contribution in [1.82, 2.24) is 16.0 Å². The highest BCUT2D eigenvalue weighted by molar-refractivity contribution is 5.97. The average molecular weight is 399 g/mol. The van der Waals surface area contributed by atoms with Gasteiger partial charge in [0.25, 0.3) is 11.8 Å². The molecule has 8 heteroatoms. The largest absolute Gasteiger partial charge is 0.508 e. The van der Waals surface area contributed by atoms with Gasteiger partial charge in [-0.15, -0.1) is 0 Å². The fourth-order valence-corrected chi connectivity index (χ4v) is 2.57. The summed E-state index contributed by atoms with van der Waals surface area (Å²) in [5, 5.41) is 26.9. The number of hydrogen-bond acceptors (Lipinski definition) is 5. The van der Waals surface area contributed by atoms with E-state index in [1.54, 1.807) is 36.4 Å². The summed E-state index contributed by atoms with van der Waals surface area (Å²) in [6.45, 7) is 3.03. The third-order valence-electron chi connectivity index (χ3n) is 4.16. The van der Waals surface area contributed by atoms with Gasteiger partial charge >= 0.3 is 5.97 Å². The number of amides is 2. The van der Waals surface area contributed by atoms with Gasteiger partial charge in [-0.05, 0) is 48.9 Å². The Balaban J connectivity index is 1.90. The van der Waals surface area contributed by atoms with Gasteiger partial charge in [0.05, 0.1) is 0 Å². The predicted molar refractivity (Wildman–Crippen MR) is 108 cm³/mol. The molecule has 2 rings (SSSR count). The lowest BCUT2D eigenvalue weighted by Crippen LogP contribution is -2.47. The standard InChI is InChI=1S/C21H25N3O5/c1-2-10-22-13-18(21(28)29)24-20(27)15-8-6-14(7-9-15)12-23-19(26)16-4-3-5-17(25)11-16/h3-9,11,18,22,25H,2,10,12-13H2,1H3,(H,23,26)(H,24,27)(H,28,29)/t18-/m0/s1. The molecule has 0 fully saturated rings. The van der Waals surface area contributed by atoms with E-state index in [1.165, 1.54) is 12.1 Å². The Morgan fingerprint density at radius 2 is 1.72 bits per heavy atom. The number of carbonyl (C=O) groups excluding carboxylic acids is 2. The maximum atomic E-state index is 12.3. The van der Waals surface area contributed by atoms with Gasteiger partial charge in [-0.2, -0.15) is 0 Å². The molecule has 2 amide bonds. The van der Waals surface area contributed by atoms with Gasteiger partial charge in [-0.25, -0.2) is 4.79 Å². The quantitative estimate of drug-likeness (QED) is 0.385. The Bertz CT molecular complexity index is 852. The third-order valence-corrected chi connectivity index (χ3v) is 4.16. The minimum Gasteiger partial charge on any atom is -0.508 e. The van der Waals surface area contributed by atoms with E-state index >= 15 is 0 Å². The average Bonchev–Trinajstić information content (AvgIpc) is 2.71. The van der Waals surface area contributed by atoms with Gasteiger partial charge in [-0.3, -0.25) is 9.59 Å². The first kappa shape index (κ1) is 21.9. The van der Waals surface area contributed by atoms with Crippen LogP contribution < -0.4 is 16.0 Å². The first-order valence-electron chi connectivity index (χ1n) is 9.31. The van der Waals surface area contributed by atoms with E-state index in [9.17, 15) is 24.6 Å². The van der Waals surface area contributed by atoms with Crippen molar-refractivity contribution in [2.45, 2.75) is 25.9 Å². The van der Waals surface area contributed by atoms with Crippen molar-refractivity contribution >= 4 is 17.8 Å². The van der Waals surface area contributed by atoms with E-state index in [1.807, 2.05) is 6.92 Å². The predicted octanol–water partition coefficient (Wildman–Crippen LogP) is 1.50. The number of benzene rings is 2. The number of phenolic OH excluding ortho intramolecular Hbond substituents is 1. The van der Waals surface area contributed by atoms with Crippen molar-refractivity contribution < 1.29 is 24.6 Å². The first-order valence-corrected chi connectivity index (χ1v) is 9.31. The van der Waals surface area contributed by atoms with Crippen LogP contribution in [0.5, 0.6) is 5.75 Å². The monoisotopic (exact) mass is 399 g/mol. The molecule has 0 saturated heterocycles.